The Morgan fingerprint density at radius 3 is 0.915 bits per heavy atom. The van der Waals surface area contributed by atoms with Crippen LogP contribution in [0.1, 0.15) is 335 Å². The van der Waals surface area contributed by atoms with Gasteiger partial charge in [0.2, 0.25) is 0 Å². The van der Waals surface area contributed by atoms with Crippen molar-refractivity contribution < 1.29 is 42.1 Å². The molecular formula is C84H146NO8P. The van der Waals surface area contributed by atoms with Gasteiger partial charge in [-0.15, -0.1) is 0 Å². The highest BCUT2D eigenvalue weighted by Crippen LogP contribution is 2.38. The fourth-order valence-electron chi connectivity index (χ4n) is 10.7. The van der Waals surface area contributed by atoms with Gasteiger partial charge in [-0.1, -0.05) is 340 Å². The molecule has 0 amide bonds. The first-order valence-corrected chi connectivity index (χ1v) is 40.4. The summed E-state index contributed by atoms with van der Waals surface area (Å²) in [5, 5.41) is 0. The number of hydrogen-bond donors (Lipinski definition) is 0. The second-order valence-corrected chi connectivity index (χ2v) is 28.4. The van der Waals surface area contributed by atoms with Crippen LogP contribution in [0.3, 0.4) is 0 Å². The highest BCUT2D eigenvalue weighted by Gasteiger charge is 2.22. The van der Waals surface area contributed by atoms with Crippen molar-refractivity contribution in [3.63, 3.8) is 0 Å². The van der Waals surface area contributed by atoms with Crippen molar-refractivity contribution in [1.29, 1.82) is 0 Å². The summed E-state index contributed by atoms with van der Waals surface area (Å²) in [6, 6.07) is 0. The molecule has 0 aromatic carbocycles. The fourth-order valence-corrected chi connectivity index (χ4v) is 11.5. The zero-order valence-electron chi connectivity index (χ0n) is 61.6. The maximum Gasteiger partial charge on any atom is 0.306 e. The number of carbonyl (C=O) groups is 2. The van der Waals surface area contributed by atoms with Crippen LogP contribution in [0.4, 0.5) is 0 Å². The van der Waals surface area contributed by atoms with E-state index in [-0.39, 0.29) is 26.1 Å². The number of ether oxygens (including phenoxy) is 2. The Balaban J connectivity index is 4.03. The zero-order valence-corrected chi connectivity index (χ0v) is 62.5. The Kier molecular flexibility index (Phi) is 70.4. The molecule has 0 aliphatic rings. The first-order valence-electron chi connectivity index (χ1n) is 38.9. The SMILES string of the molecule is CC/C=C\C/C=C\C/C=C\C/C=C\C/C=C\C/C=C\C/C=C\C/C=C\C/C=C\CCCCCC(=O)OC(COC(=O)CCCCCCCCCCCCCCCCCCCCCCCCCCCCC/C=C\C/C=C\CCCCCCC)COP(=O)([O-])OCC[N+](C)(C)C. The summed E-state index contributed by atoms with van der Waals surface area (Å²) in [6.07, 6.45) is 107. The molecule has 0 bridgehead atoms. The van der Waals surface area contributed by atoms with Gasteiger partial charge in [0, 0.05) is 12.8 Å². The molecule has 0 saturated carbocycles. The second-order valence-electron chi connectivity index (χ2n) is 27.0. The second kappa shape index (κ2) is 73.4. The Morgan fingerprint density at radius 2 is 0.606 bits per heavy atom. The number of phosphoric acid groups is 1. The van der Waals surface area contributed by atoms with Crippen molar-refractivity contribution >= 4 is 19.8 Å². The van der Waals surface area contributed by atoms with Gasteiger partial charge in [0.25, 0.3) is 7.82 Å². The molecule has 0 N–H and O–H groups in total. The first kappa shape index (κ1) is 90.2. The monoisotopic (exact) mass is 1330 g/mol. The molecule has 9 nitrogen and oxygen atoms in total. The smallest absolute Gasteiger partial charge is 0.306 e. The van der Waals surface area contributed by atoms with Crippen LogP contribution in [0.2, 0.25) is 0 Å². The molecule has 10 heteroatoms. The third kappa shape index (κ3) is 77.2. The average Bonchev–Trinajstić information content (AvgIpc) is 1.66. The van der Waals surface area contributed by atoms with Gasteiger partial charge in [-0.3, -0.25) is 14.2 Å². The molecule has 540 valence electrons. The van der Waals surface area contributed by atoms with Gasteiger partial charge >= 0.3 is 11.9 Å². The Bertz CT molecular complexity index is 2050. The van der Waals surface area contributed by atoms with Crippen molar-refractivity contribution in [1.82, 2.24) is 0 Å². The molecule has 0 aromatic heterocycles. The lowest BCUT2D eigenvalue weighted by Gasteiger charge is -2.28. The number of hydrogen-bond acceptors (Lipinski definition) is 8. The highest BCUT2D eigenvalue weighted by atomic mass is 31.2. The molecule has 0 saturated heterocycles. The van der Waals surface area contributed by atoms with Crippen LogP contribution in [-0.4, -0.2) is 70.0 Å². The predicted octanol–water partition coefficient (Wildman–Crippen LogP) is 25.3. The lowest BCUT2D eigenvalue weighted by molar-refractivity contribution is -0.870. The quantitative estimate of drug-likeness (QED) is 0.0195. The number of allylic oxidation sites excluding steroid dienone is 22. The van der Waals surface area contributed by atoms with Crippen LogP contribution in [0, 0.1) is 0 Å². The number of esters is 2. The largest absolute Gasteiger partial charge is 0.756 e. The lowest BCUT2D eigenvalue weighted by Crippen LogP contribution is -2.37. The predicted molar refractivity (Wildman–Crippen MR) is 406 cm³/mol. The minimum Gasteiger partial charge on any atom is -0.756 e. The van der Waals surface area contributed by atoms with E-state index in [9.17, 15) is 19.0 Å². The molecule has 94 heavy (non-hydrogen) atoms. The van der Waals surface area contributed by atoms with Gasteiger partial charge in [-0.05, 0) is 116 Å². The van der Waals surface area contributed by atoms with Gasteiger partial charge in [0.05, 0.1) is 27.7 Å². The van der Waals surface area contributed by atoms with Crippen LogP contribution >= 0.6 is 7.82 Å². The molecule has 0 aliphatic heterocycles. The van der Waals surface area contributed by atoms with E-state index in [0.29, 0.717) is 17.4 Å². The van der Waals surface area contributed by atoms with E-state index in [1.165, 1.54) is 199 Å². The molecule has 0 spiro atoms. The number of unbranched alkanes of at least 4 members (excludes halogenated alkanes) is 35. The molecule has 0 fully saturated rings. The maximum absolute atomic E-state index is 12.9. The minimum atomic E-state index is -4.66. The van der Waals surface area contributed by atoms with E-state index in [4.69, 9.17) is 18.5 Å². The van der Waals surface area contributed by atoms with E-state index >= 15 is 0 Å². The van der Waals surface area contributed by atoms with Crippen LogP contribution < -0.4 is 4.89 Å². The number of nitrogens with zero attached hydrogens (tertiary/aromatic N) is 1. The van der Waals surface area contributed by atoms with Crippen molar-refractivity contribution in [3.05, 3.63) is 134 Å². The third-order valence-electron chi connectivity index (χ3n) is 16.7. The van der Waals surface area contributed by atoms with E-state index < -0.39 is 32.5 Å². The van der Waals surface area contributed by atoms with Gasteiger partial charge in [0.15, 0.2) is 6.10 Å². The number of phosphoric ester groups is 1. The van der Waals surface area contributed by atoms with Crippen LogP contribution in [0.25, 0.3) is 0 Å². The molecule has 0 aromatic rings. The summed E-state index contributed by atoms with van der Waals surface area (Å²) in [5.74, 6) is -0.868. The first-order chi connectivity index (χ1) is 46.0. The number of carbonyl (C=O) groups excluding carboxylic acids is 2. The molecule has 0 rings (SSSR count). The topological polar surface area (TPSA) is 111 Å². The normalized spacial score (nSPS) is 13.8. The number of rotatable bonds is 71. The van der Waals surface area contributed by atoms with Gasteiger partial charge in [-0.25, -0.2) is 0 Å². The van der Waals surface area contributed by atoms with E-state index in [1.54, 1.807) is 0 Å². The van der Waals surface area contributed by atoms with Crippen molar-refractivity contribution in [2.24, 2.45) is 0 Å². The zero-order chi connectivity index (χ0) is 68.3. The maximum atomic E-state index is 12.9. The standard InChI is InChI=1S/C84H146NO8P/c1-6-8-10-12-14-16-18-20-22-24-26-28-30-32-34-36-38-39-40-41-42-43-44-45-47-48-50-52-54-56-58-60-62-64-66-68-70-72-74-76-83(86)90-80-82(81-92-94(88,89)91-79-78-85(3,4)5)93-84(87)77-75-73-71-69-67-65-63-61-59-57-55-53-51-49-46-37-35-33-31-29-27-25-23-21-19-17-15-13-11-9-7-2/h9,11,15,17-18,20-21,23-24,26-27,29,33,35,46,49,53,55,59,61,65,67,82H,6-8,10,12-14,16,19,22,25,28,30-32,34,36-45,47-48,50-52,54,56-58,60,62-64,66,68-81H2,1-5H3/b11-9-,17-15-,20-18-,23-21-,26-24-,29-27-,35-33-,49-46-,55-53-,61-59-,67-65-. The fraction of sp³-hybridized carbons (Fsp3) is 0.714. The Labute approximate surface area is 581 Å². The summed E-state index contributed by atoms with van der Waals surface area (Å²) in [4.78, 5) is 38.1. The van der Waals surface area contributed by atoms with Gasteiger partial charge < -0.3 is 27.9 Å². The average molecular weight is 1330 g/mol. The minimum absolute atomic E-state index is 0.0430. The summed E-state index contributed by atoms with van der Waals surface area (Å²) in [5.41, 5.74) is 0. The van der Waals surface area contributed by atoms with Crippen LogP contribution in [-0.2, 0) is 32.7 Å². The summed E-state index contributed by atoms with van der Waals surface area (Å²) in [7, 11) is 1.14. The molecule has 2 atom stereocenters. The summed E-state index contributed by atoms with van der Waals surface area (Å²) in [6.45, 7) is 4.10. The Morgan fingerprint density at radius 1 is 0.340 bits per heavy atom. The van der Waals surface area contributed by atoms with Crippen LogP contribution in [0.5, 0.6) is 0 Å². The molecule has 0 aliphatic carbocycles. The van der Waals surface area contributed by atoms with Crippen molar-refractivity contribution in [2.45, 2.75) is 341 Å². The highest BCUT2D eigenvalue weighted by molar-refractivity contribution is 7.45. The third-order valence-corrected chi connectivity index (χ3v) is 17.6. The molecular weight excluding hydrogens is 1180 g/mol. The van der Waals surface area contributed by atoms with Crippen molar-refractivity contribution in [3.8, 4) is 0 Å². The van der Waals surface area contributed by atoms with Gasteiger partial charge in [-0.2, -0.15) is 0 Å². The van der Waals surface area contributed by atoms with E-state index in [2.05, 4.69) is 148 Å². The molecule has 0 radical (unpaired) electrons. The number of quaternary nitrogens is 1. The molecule has 2 unspecified atom stereocenters. The summed E-state index contributed by atoms with van der Waals surface area (Å²) < 4.78 is 34.3. The van der Waals surface area contributed by atoms with Gasteiger partial charge in [0.1, 0.15) is 19.8 Å². The van der Waals surface area contributed by atoms with Crippen molar-refractivity contribution in [2.75, 3.05) is 47.5 Å². The summed E-state index contributed by atoms with van der Waals surface area (Å²) >= 11 is 0. The van der Waals surface area contributed by atoms with E-state index in [1.807, 2.05) is 21.1 Å². The number of likely N-dealkylation sites (N-methyl/N-ethyl adjacent to an activating group) is 1. The van der Waals surface area contributed by atoms with Crippen LogP contribution in [0.15, 0.2) is 134 Å². The Hall–Kier alpha value is -3.85. The van der Waals surface area contributed by atoms with E-state index in [0.717, 1.165) is 103 Å². The lowest BCUT2D eigenvalue weighted by atomic mass is 10.0. The molecule has 0 heterocycles.